The monoisotopic (exact) mass is 410 g/mol. The van der Waals surface area contributed by atoms with Gasteiger partial charge in [-0.15, -0.1) is 0 Å². The summed E-state index contributed by atoms with van der Waals surface area (Å²) in [6.45, 7) is 0.449. The van der Waals surface area contributed by atoms with Gasteiger partial charge in [-0.25, -0.2) is 5.48 Å². The van der Waals surface area contributed by atoms with Gasteiger partial charge in [0.15, 0.2) is 0 Å². The molecule has 0 spiro atoms. The molecule has 0 aliphatic heterocycles. The van der Waals surface area contributed by atoms with Crippen LogP contribution in [0.4, 0.5) is 11.5 Å². The number of amides is 1. The molecule has 8 heteroatoms. The topological polar surface area (TPSA) is 96.8 Å². The first kappa shape index (κ1) is 21.3. The second-order valence-corrected chi connectivity index (χ2v) is 6.80. The van der Waals surface area contributed by atoms with Crippen molar-refractivity contribution in [2.45, 2.75) is 25.7 Å². The largest absolute Gasteiger partial charge is 0.497 e. The SMILES string of the molecule is COc1ccc(N(C)c2nc(OCCCCCC(=O)NO)nc3ccccc23)cc1. The van der Waals surface area contributed by atoms with Gasteiger partial charge in [0.1, 0.15) is 11.6 Å². The molecule has 0 bridgehead atoms. The van der Waals surface area contributed by atoms with Crippen LogP contribution < -0.4 is 19.9 Å². The van der Waals surface area contributed by atoms with Crippen LogP contribution in [0.15, 0.2) is 48.5 Å². The van der Waals surface area contributed by atoms with Gasteiger partial charge in [0, 0.05) is 24.5 Å². The van der Waals surface area contributed by atoms with E-state index < -0.39 is 0 Å². The lowest BCUT2D eigenvalue weighted by molar-refractivity contribution is -0.129. The van der Waals surface area contributed by atoms with Crippen LogP contribution in [0.3, 0.4) is 0 Å². The molecule has 2 aromatic carbocycles. The predicted octanol–water partition coefficient (Wildman–Crippen LogP) is 3.85. The maximum Gasteiger partial charge on any atom is 0.318 e. The molecular weight excluding hydrogens is 384 g/mol. The number of para-hydroxylation sites is 1. The van der Waals surface area contributed by atoms with Crippen molar-refractivity contribution in [3.63, 3.8) is 0 Å². The Morgan fingerprint density at radius 2 is 1.83 bits per heavy atom. The number of rotatable bonds is 10. The maximum absolute atomic E-state index is 11.0. The number of ether oxygens (including phenoxy) is 2. The Labute approximate surface area is 175 Å². The van der Waals surface area contributed by atoms with E-state index in [1.165, 1.54) is 0 Å². The van der Waals surface area contributed by atoms with Gasteiger partial charge in [0.25, 0.3) is 0 Å². The molecule has 3 rings (SSSR count). The van der Waals surface area contributed by atoms with Crippen molar-refractivity contribution < 1.29 is 19.5 Å². The molecule has 0 radical (unpaired) electrons. The number of carbonyl (C=O) groups is 1. The standard InChI is InChI=1S/C22H26N4O4/c1-26(16-11-13-17(29-2)14-12-16)21-18-8-5-6-9-19(18)23-22(24-21)30-15-7-3-4-10-20(27)25-28/h5-6,8-9,11-14,28H,3-4,7,10,15H2,1-2H3,(H,25,27). The first-order chi connectivity index (χ1) is 14.6. The molecule has 2 N–H and O–H groups in total. The summed E-state index contributed by atoms with van der Waals surface area (Å²) in [5.41, 5.74) is 3.40. The molecule has 1 heterocycles. The zero-order valence-electron chi connectivity index (χ0n) is 17.2. The fraction of sp³-hybridized carbons (Fsp3) is 0.318. The fourth-order valence-corrected chi connectivity index (χ4v) is 3.07. The lowest BCUT2D eigenvalue weighted by Crippen LogP contribution is -2.17. The smallest absolute Gasteiger partial charge is 0.318 e. The third kappa shape index (κ3) is 5.36. The number of benzene rings is 2. The van der Waals surface area contributed by atoms with Gasteiger partial charge in [0.2, 0.25) is 5.91 Å². The zero-order valence-corrected chi connectivity index (χ0v) is 17.2. The molecule has 8 nitrogen and oxygen atoms in total. The molecule has 0 atom stereocenters. The summed E-state index contributed by atoms with van der Waals surface area (Å²) in [6.07, 6.45) is 2.54. The Balaban J connectivity index is 1.73. The minimum Gasteiger partial charge on any atom is -0.497 e. The highest BCUT2D eigenvalue weighted by atomic mass is 16.5. The van der Waals surface area contributed by atoms with Crippen molar-refractivity contribution in [1.82, 2.24) is 15.4 Å². The van der Waals surface area contributed by atoms with Crippen LogP contribution in [0, 0.1) is 0 Å². The highest BCUT2D eigenvalue weighted by Gasteiger charge is 2.14. The molecule has 158 valence electrons. The summed E-state index contributed by atoms with van der Waals surface area (Å²) in [7, 11) is 3.59. The van der Waals surface area contributed by atoms with Crippen LogP contribution >= 0.6 is 0 Å². The van der Waals surface area contributed by atoms with Crippen LogP contribution in [0.2, 0.25) is 0 Å². The Morgan fingerprint density at radius 3 is 2.57 bits per heavy atom. The number of hydrogen-bond donors (Lipinski definition) is 2. The van der Waals surface area contributed by atoms with E-state index in [-0.39, 0.29) is 5.91 Å². The number of nitrogens with one attached hydrogen (secondary N) is 1. The molecule has 3 aromatic rings. The summed E-state index contributed by atoms with van der Waals surface area (Å²) < 4.78 is 11.0. The van der Waals surface area contributed by atoms with Crippen LogP contribution in [0.1, 0.15) is 25.7 Å². The van der Waals surface area contributed by atoms with Crippen molar-refractivity contribution in [1.29, 1.82) is 0 Å². The van der Waals surface area contributed by atoms with Gasteiger partial charge >= 0.3 is 6.01 Å². The molecule has 1 amide bonds. The van der Waals surface area contributed by atoms with E-state index in [2.05, 4.69) is 9.97 Å². The van der Waals surface area contributed by atoms with Gasteiger partial charge in [-0.3, -0.25) is 10.0 Å². The van der Waals surface area contributed by atoms with Gasteiger partial charge in [-0.1, -0.05) is 12.1 Å². The molecular formula is C22H26N4O4. The molecule has 30 heavy (non-hydrogen) atoms. The Kier molecular flexibility index (Phi) is 7.40. The van der Waals surface area contributed by atoms with Crippen molar-refractivity contribution in [3.05, 3.63) is 48.5 Å². The van der Waals surface area contributed by atoms with Crippen LogP contribution in [-0.4, -0.2) is 41.8 Å². The third-order valence-electron chi connectivity index (χ3n) is 4.74. The average molecular weight is 410 g/mol. The number of aromatic nitrogens is 2. The van der Waals surface area contributed by atoms with Gasteiger partial charge in [0.05, 0.1) is 19.2 Å². The fourth-order valence-electron chi connectivity index (χ4n) is 3.07. The number of anilines is 2. The number of fused-ring (bicyclic) bond motifs is 1. The lowest BCUT2D eigenvalue weighted by atomic mass is 10.2. The van der Waals surface area contributed by atoms with E-state index in [0.29, 0.717) is 25.5 Å². The summed E-state index contributed by atoms with van der Waals surface area (Å²) in [6, 6.07) is 15.9. The van der Waals surface area contributed by atoms with Gasteiger partial charge < -0.3 is 14.4 Å². The van der Waals surface area contributed by atoms with Crippen LogP contribution in [0.5, 0.6) is 11.8 Å². The molecule has 0 aliphatic rings. The summed E-state index contributed by atoms with van der Waals surface area (Å²) in [4.78, 5) is 22.2. The van der Waals surface area contributed by atoms with Crippen LogP contribution in [0.25, 0.3) is 10.9 Å². The normalized spacial score (nSPS) is 10.6. The van der Waals surface area contributed by atoms with E-state index in [0.717, 1.165) is 41.0 Å². The number of hydrogen-bond acceptors (Lipinski definition) is 7. The highest BCUT2D eigenvalue weighted by molar-refractivity contribution is 5.91. The molecule has 0 aliphatic carbocycles. The Hall–Kier alpha value is -3.39. The molecule has 0 unspecified atom stereocenters. The molecule has 1 aromatic heterocycles. The van der Waals surface area contributed by atoms with Gasteiger partial charge in [-0.05, 0) is 55.7 Å². The highest BCUT2D eigenvalue weighted by Crippen LogP contribution is 2.31. The summed E-state index contributed by atoms with van der Waals surface area (Å²) in [5, 5.41) is 9.43. The second-order valence-electron chi connectivity index (χ2n) is 6.80. The van der Waals surface area contributed by atoms with Gasteiger partial charge in [-0.2, -0.15) is 9.97 Å². The first-order valence-electron chi connectivity index (χ1n) is 9.82. The minimum absolute atomic E-state index is 0.291. The lowest BCUT2D eigenvalue weighted by Gasteiger charge is -2.21. The van der Waals surface area contributed by atoms with E-state index in [9.17, 15) is 4.79 Å². The number of unbranched alkanes of at least 4 members (excludes halogenated alkanes) is 2. The average Bonchev–Trinajstić information content (AvgIpc) is 2.80. The Bertz CT molecular complexity index is 979. The van der Waals surface area contributed by atoms with E-state index in [4.69, 9.17) is 14.7 Å². The third-order valence-corrected chi connectivity index (χ3v) is 4.74. The van der Waals surface area contributed by atoms with E-state index >= 15 is 0 Å². The van der Waals surface area contributed by atoms with Crippen molar-refractivity contribution in [3.8, 4) is 11.8 Å². The van der Waals surface area contributed by atoms with Crippen molar-refractivity contribution in [2.24, 2.45) is 0 Å². The Morgan fingerprint density at radius 1 is 1.07 bits per heavy atom. The second kappa shape index (κ2) is 10.4. The molecule has 0 saturated carbocycles. The molecule has 0 fully saturated rings. The zero-order chi connectivity index (χ0) is 21.3. The quantitative estimate of drug-likeness (QED) is 0.298. The predicted molar refractivity (Wildman–Crippen MR) is 114 cm³/mol. The number of nitrogens with zero attached hydrogens (tertiary/aromatic N) is 3. The summed E-state index contributed by atoms with van der Waals surface area (Å²) >= 11 is 0. The number of carbonyl (C=O) groups excluding carboxylic acids is 1. The minimum atomic E-state index is -0.375. The van der Waals surface area contributed by atoms with E-state index in [1.807, 2.05) is 60.5 Å². The first-order valence-corrected chi connectivity index (χ1v) is 9.82. The van der Waals surface area contributed by atoms with Crippen LogP contribution in [-0.2, 0) is 4.79 Å². The maximum atomic E-state index is 11.0. The summed E-state index contributed by atoms with van der Waals surface area (Å²) in [5.74, 6) is 1.17. The number of hydroxylamine groups is 1. The number of methoxy groups -OCH3 is 1. The van der Waals surface area contributed by atoms with Crippen molar-refractivity contribution >= 4 is 28.3 Å². The van der Waals surface area contributed by atoms with E-state index in [1.54, 1.807) is 12.6 Å². The molecule has 0 saturated heterocycles. The van der Waals surface area contributed by atoms with Crippen molar-refractivity contribution in [2.75, 3.05) is 25.7 Å².